The van der Waals surface area contributed by atoms with Gasteiger partial charge in [0.1, 0.15) is 5.75 Å². The van der Waals surface area contributed by atoms with Gasteiger partial charge in [0.25, 0.3) is 0 Å². The molecule has 1 heterocycles. The molecule has 3 heteroatoms. The second-order valence-corrected chi connectivity index (χ2v) is 6.38. The van der Waals surface area contributed by atoms with Crippen LogP contribution in [0.3, 0.4) is 0 Å². The molecule has 1 aliphatic carbocycles. The van der Waals surface area contributed by atoms with Crippen LogP contribution in [0.2, 0.25) is 0 Å². The summed E-state index contributed by atoms with van der Waals surface area (Å²) in [6.45, 7) is 1.13. The van der Waals surface area contributed by atoms with Gasteiger partial charge in [0.15, 0.2) is 0 Å². The molecule has 0 amide bonds. The molecule has 0 fully saturated rings. The van der Waals surface area contributed by atoms with Crippen LogP contribution in [-0.4, -0.2) is 35.2 Å². The van der Waals surface area contributed by atoms with E-state index in [9.17, 15) is 5.11 Å². The Balaban J connectivity index is 2.10. The SMILES string of the molecule is CN(C)CC1CCCc2c(c3c(O)cccc3n2C)C1. The van der Waals surface area contributed by atoms with Crippen molar-refractivity contribution in [3.8, 4) is 5.75 Å². The number of hydrogen-bond acceptors (Lipinski definition) is 2. The summed E-state index contributed by atoms with van der Waals surface area (Å²) in [5, 5.41) is 11.4. The zero-order valence-corrected chi connectivity index (χ0v) is 12.7. The van der Waals surface area contributed by atoms with Gasteiger partial charge in [-0.15, -0.1) is 0 Å². The summed E-state index contributed by atoms with van der Waals surface area (Å²) in [4.78, 5) is 2.28. The van der Waals surface area contributed by atoms with Crippen molar-refractivity contribution >= 4 is 10.9 Å². The molecule has 1 aromatic heterocycles. The third-order valence-electron chi connectivity index (χ3n) is 4.58. The van der Waals surface area contributed by atoms with Crippen LogP contribution in [0.5, 0.6) is 5.75 Å². The molecule has 2 aromatic rings. The number of aryl methyl sites for hydroxylation is 1. The molecule has 1 aromatic carbocycles. The first kappa shape index (κ1) is 13.5. The minimum Gasteiger partial charge on any atom is -0.507 e. The summed E-state index contributed by atoms with van der Waals surface area (Å²) in [5.74, 6) is 1.13. The van der Waals surface area contributed by atoms with E-state index in [0.29, 0.717) is 11.7 Å². The lowest BCUT2D eigenvalue weighted by atomic mass is 9.96. The molecule has 0 spiro atoms. The predicted octanol–water partition coefficient (Wildman–Crippen LogP) is 2.94. The van der Waals surface area contributed by atoms with E-state index >= 15 is 0 Å². The van der Waals surface area contributed by atoms with Gasteiger partial charge in [-0.3, -0.25) is 0 Å². The molecule has 108 valence electrons. The van der Waals surface area contributed by atoms with E-state index < -0.39 is 0 Å². The highest BCUT2D eigenvalue weighted by Gasteiger charge is 2.24. The van der Waals surface area contributed by atoms with E-state index in [-0.39, 0.29) is 0 Å². The van der Waals surface area contributed by atoms with Crippen LogP contribution in [-0.2, 0) is 19.9 Å². The zero-order chi connectivity index (χ0) is 14.3. The van der Waals surface area contributed by atoms with E-state index in [4.69, 9.17) is 0 Å². The topological polar surface area (TPSA) is 28.4 Å². The number of phenols is 1. The Morgan fingerprint density at radius 1 is 1.35 bits per heavy atom. The first-order valence-electron chi connectivity index (χ1n) is 7.50. The first-order chi connectivity index (χ1) is 9.58. The number of phenolic OH excluding ortho intramolecular Hbond substituents is 1. The summed E-state index contributed by atoms with van der Waals surface area (Å²) in [6, 6.07) is 5.87. The lowest BCUT2D eigenvalue weighted by Crippen LogP contribution is -2.22. The van der Waals surface area contributed by atoms with E-state index in [1.807, 2.05) is 12.1 Å². The summed E-state index contributed by atoms with van der Waals surface area (Å²) in [6.07, 6.45) is 4.74. The van der Waals surface area contributed by atoms with E-state index in [0.717, 1.165) is 24.8 Å². The van der Waals surface area contributed by atoms with E-state index in [1.54, 1.807) is 0 Å². The maximum atomic E-state index is 10.3. The number of hydrogen-bond donors (Lipinski definition) is 1. The Kier molecular flexibility index (Phi) is 3.47. The summed E-state index contributed by atoms with van der Waals surface area (Å²) >= 11 is 0. The highest BCUT2D eigenvalue weighted by Crippen LogP contribution is 2.37. The Morgan fingerprint density at radius 3 is 2.90 bits per heavy atom. The van der Waals surface area contributed by atoms with Crippen molar-refractivity contribution in [2.45, 2.75) is 25.7 Å². The third kappa shape index (κ3) is 2.20. The van der Waals surface area contributed by atoms with E-state index in [2.05, 4.69) is 36.7 Å². The van der Waals surface area contributed by atoms with E-state index in [1.165, 1.54) is 29.6 Å². The third-order valence-corrected chi connectivity index (χ3v) is 4.58. The Hall–Kier alpha value is -1.48. The average Bonchev–Trinajstić information content (AvgIpc) is 2.56. The molecule has 0 saturated carbocycles. The Morgan fingerprint density at radius 2 is 2.15 bits per heavy atom. The number of benzene rings is 1. The van der Waals surface area contributed by atoms with Gasteiger partial charge in [0.05, 0.1) is 5.52 Å². The van der Waals surface area contributed by atoms with Crippen molar-refractivity contribution in [2.75, 3.05) is 20.6 Å². The maximum Gasteiger partial charge on any atom is 0.125 e. The minimum atomic E-state index is 0.435. The van der Waals surface area contributed by atoms with Gasteiger partial charge in [-0.25, -0.2) is 0 Å². The fourth-order valence-electron chi connectivity index (χ4n) is 3.77. The van der Waals surface area contributed by atoms with Gasteiger partial charge in [-0.1, -0.05) is 6.07 Å². The molecule has 1 atom stereocenters. The summed E-state index contributed by atoms with van der Waals surface area (Å²) < 4.78 is 2.28. The van der Waals surface area contributed by atoms with Crippen LogP contribution in [0.1, 0.15) is 24.1 Å². The van der Waals surface area contributed by atoms with Crippen LogP contribution in [0, 0.1) is 5.92 Å². The molecule has 3 rings (SSSR count). The quantitative estimate of drug-likeness (QED) is 0.851. The van der Waals surface area contributed by atoms with Crippen molar-refractivity contribution in [1.82, 2.24) is 9.47 Å². The van der Waals surface area contributed by atoms with Gasteiger partial charge < -0.3 is 14.6 Å². The molecule has 3 nitrogen and oxygen atoms in total. The lowest BCUT2D eigenvalue weighted by molar-refractivity contribution is 0.310. The van der Waals surface area contributed by atoms with Crippen LogP contribution in [0.15, 0.2) is 18.2 Å². The number of nitrogens with zero attached hydrogens (tertiary/aromatic N) is 2. The normalized spacial score (nSPS) is 19.3. The predicted molar refractivity (Wildman–Crippen MR) is 83.3 cm³/mol. The summed E-state index contributed by atoms with van der Waals surface area (Å²) in [7, 11) is 6.42. The molecule has 0 bridgehead atoms. The lowest BCUT2D eigenvalue weighted by Gasteiger charge is -2.19. The van der Waals surface area contributed by atoms with Crippen LogP contribution in [0.4, 0.5) is 0 Å². The fraction of sp³-hybridized carbons (Fsp3) is 0.529. The van der Waals surface area contributed by atoms with Gasteiger partial charge in [-0.2, -0.15) is 0 Å². The smallest absolute Gasteiger partial charge is 0.125 e. The second kappa shape index (κ2) is 5.13. The monoisotopic (exact) mass is 272 g/mol. The molecule has 0 radical (unpaired) electrons. The van der Waals surface area contributed by atoms with Crippen molar-refractivity contribution in [3.05, 3.63) is 29.5 Å². The molecular weight excluding hydrogens is 248 g/mol. The largest absolute Gasteiger partial charge is 0.507 e. The summed E-state index contributed by atoms with van der Waals surface area (Å²) in [5.41, 5.74) is 3.97. The zero-order valence-electron chi connectivity index (χ0n) is 12.7. The second-order valence-electron chi connectivity index (χ2n) is 6.38. The molecular formula is C17H24N2O. The van der Waals surface area contributed by atoms with Crippen LogP contribution >= 0.6 is 0 Å². The molecule has 1 unspecified atom stereocenters. The van der Waals surface area contributed by atoms with Crippen molar-refractivity contribution in [1.29, 1.82) is 0 Å². The van der Waals surface area contributed by atoms with Crippen molar-refractivity contribution < 1.29 is 5.11 Å². The number of aromatic nitrogens is 1. The van der Waals surface area contributed by atoms with Gasteiger partial charge >= 0.3 is 0 Å². The maximum absolute atomic E-state index is 10.3. The molecule has 0 aliphatic heterocycles. The first-order valence-corrected chi connectivity index (χ1v) is 7.50. The van der Waals surface area contributed by atoms with Crippen molar-refractivity contribution in [3.63, 3.8) is 0 Å². The minimum absolute atomic E-state index is 0.435. The highest BCUT2D eigenvalue weighted by molar-refractivity contribution is 5.91. The van der Waals surface area contributed by atoms with Crippen LogP contribution in [0.25, 0.3) is 10.9 Å². The average molecular weight is 272 g/mol. The molecule has 20 heavy (non-hydrogen) atoms. The Bertz CT molecular complexity index is 627. The number of fused-ring (bicyclic) bond motifs is 3. The molecule has 1 aliphatic rings. The fourth-order valence-corrected chi connectivity index (χ4v) is 3.77. The van der Waals surface area contributed by atoms with Crippen LogP contribution < -0.4 is 0 Å². The standard InChI is InChI=1S/C17H24N2O/c1-18(2)11-12-6-4-7-14-13(10-12)17-15(19(14)3)8-5-9-16(17)20/h5,8-9,12,20H,4,6-7,10-11H2,1-3H3. The highest BCUT2D eigenvalue weighted by atomic mass is 16.3. The number of rotatable bonds is 2. The Labute approximate surface area is 120 Å². The van der Waals surface area contributed by atoms with Crippen molar-refractivity contribution in [2.24, 2.45) is 13.0 Å². The number of aromatic hydroxyl groups is 1. The van der Waals surface area contributed by atoms with Gasteiger partial charge in [0.2, 0.25) is 0 Å². The molecule has 0 saturated heterocycles. The van der Waals surface area contributed by atoms with Gasteiger partial charge in [0, 0.05) is 24.7 Å². The van der Waals surface area contributed by atoms with Gasteiger partial charge in [-0.05, 0) is 63.4 Å². The molecule has 1 N–H and O–H groups in total.